The van der Waals surface area contributed by atoms with E-state index in [0.717, 1.165) is 10.5 Å². The highest BCUT2D eigenvalue weighted by atomic mass is 32.2. The third-order valence-electron chi connectivity index (χ3n) is 6.00. The van der Waals surface area contributed by atoms with Crippen molar-refractivity contribution in [1.82, 2.24) is 14.4 Å². The Kier molecular flexibility index (Phi) is 7.43. The first-order valence-electron chi connectivity index (χ1n) is 10.9. The number of benzene rings is 1. The highest BCUT2D eigenvalue weighted by molar-refractivity contribution is 7.98. The van der Waals surface area contributed by atoms with E-state index < -0.39 is 0 Å². The highest BCUT2D eigenvalue weighted by Gasteiger charge is 2.29. The summed E-state index contributed by atoms with van der Waals surface area (Å²) in [6.45, 7) is 1.57. The molecule has 0 aliphatic carbocycles. The summed E-state index contributed by atoms with van der Waals surface area (Å²) in [6, 6.07) is 10.9. The molecule has 2 amide bonds. The second-order valence-corrected chi connectivity index (χ2v) is 9.69. The fourth-order valence-electron chi connectivity index (χ4n) is 4.25. The molecule has 0 radical (unpaired) electrons. The van der Waals surface area contributed by atoms with Crippen LogP contribution in [0.3, 0.4) is 0 Å². The van der Waals surface area contributed by atoms with Crippen molar-refractivity contribution in [2.45, 2.75) is 24.4 Å². The number of amides is 2. The van der Waals surface area contributed by atoms with E-state index in [2.05, 4.69) is 0 Å². The summed E-state index contributed by atoms with van der Waals surface area (Å²) in [5, 5.41) is 3.98. The molecule has 1 aromatic carbocycles. The molecule has 0 spiro atoms. The van der Waals surface area contributed by atoms with Crippen molar-refractivity contribution in [3.05, 3.63) is 79.9 Å². The summed E-state index contributed by atoms with van der Waals surface area (Å²) in [6.07, 6.45) is 2.33. The monoisotopic (exact) mass is 497 g/mol. The van der Waals surface area contributed by atoms with Gasteiger partial charge in [-0.05, 0) is 40.8 Å². The summed E-state index contributed by atoms with van der Waals surface area (Å²) in [5.41, 5.74) is 2.46. The molecule has 3 heterocycles. The molecule has 0 saturated heterocycles. The molecule has 4 rings (SSSR count). The molecule has 178 valence electrons. The van der Waals surface area contributed by atoms with Gasteiger partial charge in [0.05, 0.1) is 12.7 Å². The number of methoxy groups -OCH3 is 1. The number of carbonyl (C=O) groups is 2. The Morgan fingerprint density at radius 1 is 1.18 bits per heavy atom. The second kappa shape index (κ2) is 10.5. The SMILES string of the molecule is COc1cc(=O)n2c(c1C(=O)N(C)Cc1ccsc1)CCN(C(=O)c1ccccc1SC)CC2. The van der Waals surface area contributed by atoms with Crippen molar-refractivity contribution >= 4 is 34.9 Å². The van der Waals surface area contributed by atoms with Crippen molar-refractivity contribution in [3.8, 4) is 5.75 Å². The molecule has 0 N–H and O–H groups in total. The lowest BCUT2D eigenvalue weighted by molar-refractivity contribution is 0.0755. The Labute approximate surface area is 207 Å². The van der Waals surface area contributed by atoms with E-state index in [9.17, 15) is 14.4 Å². The summed E-state index contributed by atoms with van der Waals surface area (Å²) in [7, 11) is 3.21. The van der Waals surface area contributed by atoms with Gasteiger partial charge in [-0.1, -0.05) is 12.1 Å². The lowest BCUT2D eigenvalue weighted by Crippen LogP contribution is -2.34. The molecule has 7 nitrogen and oxygen atoms in total. The molecule has 9 heteroatoms. The normalized spacial score (nSPS) is 13.2. The Balaban J connectivity index is 1.66. The van der Waals surface area contributed by atoms with Gasteiger partial charge in [-0.25, -0.2) is 0 Å². The van der Waals surface area contributed by atoms with Crippen LogP contribution >= 0.6 is 23.1 Å². The zero-order valence-electron chi connectivity index (χ0n) is 19.4. The number of carbonyl (C=O) groups excluding carboxylic acids is 2. The minimum Gasteiger partial charge on any atom is -0.496 e. The number of hydrogen-bond donors (Lipinski definition) is 0. The fourth-order valence-corrected chi connectivity index (χ4v) is 5.50. The van der Waals surface area contributed by atoms with E-state index in [1.165, 1.54) is 24.9 Å². The van der Waals surface area contributed by atoms with Crippen LogP contribution in [0.1, 0.15) is 32.0 Å². The third kappa shape index (κ3) is 4.76. The van der Waals surface area contributed by atoms with Gasteiger partial charge in [0.15, 0.2) is 0 Å². The average Bonchev–Trinajstić information content (AvgIpc) is 3.26. The molecule has 34 heavy (non-hydrogen) atoms. The average molecular weight is 498 g/mol. The topological polar surface area (TPSA) is 71.8 Å². The largest absolute Gasteiger partial charge is 0.496 e. The number of nitrogens with zero attached hydrogens (tertiary/aromatic N) is 3. The van der Waals surface area contributed by atoms with Crippen molar-refractivity contribution in [2.75, 3.05) is 33.5 Å². The first-order valence-corrected chi connectivity index (χ1v) is 13.1. The molecule has 0 bridgehead atoms. The van der Waals surface area contributed by atoms with Crippen molar-refractivity contribution in [1.29, 1.82) is 0 Å². The van der Waals surface area contributed by atoms with Crippen LogP contribution in [-0.2, 0) is 19.5 Å². The molecule has 0 unspecified atom stereocenters. The number of thiophene rings is 1. The predicted molar refractivity (Wildman–Crippen MR) is 135 cm³/mol. The molecule has 1 aliphatic rings. The molecule has 0 fully saturated rings. The molecule has 1 aliphatic heterocycles. The molecule has 3 aromatic rings. The molecular formula is C25H27N3O4S2. The van der Waals surface area contributed by atoms with Crippen LogP contribution in [0.4, 0.5) is 0 Å². The maximum absolute atomic E-state index is 13.5. The van der Waals surface area contributed by atoms with E-state index in [4.69, 9.17) is 4.74 Å². The first kappa shape index (κ1) is 24.1. The minimum absolute atomic E-state index is 0.0692. The number of fused-ring (bicyclic) bond motifs is 1. The smallest absolute Gasteiger partial charge is 0.259 e. The van der Waals surface area contributed by atoms with Gasteiger partial charge in [0, 0.05) is 56.3 Å². The van der Waals surface area contributed by atoms with Gasteiger partial charge in [0.1, 0.15) is 11.3 Å². The quantitative estimate of drug-likeness (QED) is 0.487. The van der Waals surface area contributed by atoms with Gasteiger partial charge in [0.2, 0.25) is 0 Å². The Bertz CT molecular complexity index is 1250. The molecule has 0 saturated carbocycles. The van der Waals surface area contributed by atoms with Gasteiger partial charge in [-0.2, -0.15) is 11.3 Å². The predicted octanol–water partition coefficient (Wildman–Crippen LogP) is 3.61. The first-order chi connectivity index (χ1) is 16.4. The van der Waals surface area contributed by atoms with Crippen LogP contribution in [0.5, 0.6) is 5.75 Å². The minimum atomic E-state index is -0.234. The maximum atomic E-state index is 13.5. The number of pyridine rings is 1. The number of thioether (sulfide) groups is 1. The van der Waals surface area contributed by atoms with Crippen molar-refractivity contribution in [3.63, 3.8) is 0 Å². The summed E-state index contributed by atoms with van der Waals surface area (Å²) >= 11 is 3.11. The zero-order chi connectivity index (χ0) is 24.2. The Hall–Kier alpha value is -3.04. The maximum Gasteiger partial charge on any atom is 0.259 e. The molecule has 0 atom stereocenters. The number of aromatic nitrogens is 1. The number of ether oxygens (including phenoxy) is 1. The number of hydrogen-bond acceptors (Lipinski definition) is 6. The standard InChI is InChI=1S/C25H27N3O4S2/c1-26(15-17-9-13-34-16-17)25(31)23-19-8-10-27(11-12-28(19)22(29)14-20(23)32-2)24(30)18-6-4-5-7-21(18)33-3/h4-7,9,13-14,16H,8,10-12,15H2,1-3H3. The van der Waals surface area contributed by atoms with E-state index >= 15 is 0 Å². The molecular weight excluding hydrogens is 470 g/mol. The lowest BCUT2D eigenvalue weighted by atomic mass is 10.1. The van der Waals surface area contributed by atoms with Gasteiger partial charge in [-0.15, -0.1) is 11.8 Å². The molecule has 2 aromatic heterocycles. The van der Waals surface area contributed by atoms with E-state index in [0.29, 0.717) is 49.4 Å². The van der Waals surface area contributed by atoms with E-state index in [1.807, 2.05) is 47.3 Å². The van der Waals surface area contributed by atoms with Gasteiger partial charge in [-0.3, -0.25) is 14.4 Å². The van der Waals surface area contributed by atoms with Crippen LogP contribution in [0.2, 0.25) is 0 Å². The summed E-state index contributed by atoms with van der Waals surface area (Å²) < 4.78 is 7.08. The van der Waals surface area contributed by atoms with Crippen molar-refractivity contribution in [2.24, 2.45) is 0 Å². The van der Waals surface area contributed by atoms with Crippen LogP contribution in [0, 0.1) is 0 Å². The van der Waals surface area contributed by atoms with Crippen LogP contribution in [-0.4, -0.2) is 59.7 Å². The Morgan fingerprint density at radius 3 is 2.68 bits per heavy atom. The van der Waals surface area contributed by atoms with Gasteiger partial charge >= 0.3 is 0 Å². The van der Waals surface area contributed by atoms with Crippen LogP contribution in [0.15, 0.2) is 56.8 Å². The lowest BCUT2D eigenvalue weighted by Gasteiger charge is -2.22. The van der Waals surface area contributed by atoms with Gasteiger partial charge < -0.3 is 19.1 Å². The van der Waals surface area contributed by atoms with Crippen LogP contribution < -0.4 is 10.3 Å². The summed E-state index contributed by atoms with van der Waals surface area (Å²) in [4.78, 5) is 44.0. The number of rotatable bonds is 6. The fraction of sp³-hybridized carbons (Fsp3) is 0.320. The zero-order valence-corrected chi connectivity index (χ0v) is 21.1. The second-order valence-electron chi connectivity index (χ2n) is 8.06. The van der Waals surface area contributed by atoms with E-state index in [-0.39, 0.29) is 23.1 Å². The van der Waals surface area contributed by atoms with E-state index in [1.54, 1.807) is 32.8 Å². The van der Waals surface area contributed by atoms with Gasteiger partial charge in [0.25, 0.3) is 17.4 Å². The van der Waals surface area contributed by atoms with Crippen LogP contribution in [0.25, 0.3) is 0 Å². The highest BCUT2D eigenvalue weighted by Crippen LogP contribution is 2.26. The Morgan fingerprint density at radius 2 is 1.97 bits per heavy atom. The van der Waals surface area contributed by atoms with Crippen molar-refractivity contribution < 1.29 is 14.3 Å². The summed E-state index contributed by atoms with van der Waals surface area (Å²) in [5.74, 6) is -0.00884. The third-order valence-corrected chi connectivity index (χ3v) is 7.53.